The Labute approximate surface area is 129 Å². The van der Waals surface area contributed by atoms with Crippen molar-refractivity contribution in [1.29, 1.82) is 0 Å². The van der Waals surface area contributed by atoms with Gasteiger partial charge in [0, 0.05) is 18.6 Å². The van der Waals surface area contributed by atoms with Crippen LogP contribution in [0.4, 0.5) is 5.82 Å². The maximum Gasteiger partial charge on any atom is 0.496 e. The van der Waals surface area contributed by atoms with Crippen molar-refractivity contribution < 1.29 is 24.0 Å². The van der Waals surface area contributed by atoms with Gasteiger partial charge < -0.3 is 19.7 Å². The molecule has 8 heteroatoms. The summed E-state index contributed by atoms with van der Waals surface area (Å²) in [5, 5.41) is 11.7. The lowest BCUT2D eigenvalue weighted by molar-refractivity contribution is -0.114. The molecule has 0 bridgehead atoms. The van der Waals surface area contributed by atoms with Gasteiger partial charge in [-0.1, -0.05) is 0 Å². The molecule has 0 unspecified atom stereocenters. The molecule has 1 aromatic heterocycles. The number of carbonyl (C=O) groups excluding carboxylic acids is 1. The summed E-state index contributed by atoms with van der Waals surface area (Å²) < 4.78 is 11.7. The van der Waals surface area contributed by atoms with E-state index in [9.17, 15) is 14.7 Å². The number of carbonyl (C=O) groups is 2. The van der Waals surface area contributed by atoms with Gasteiger partial charge in [0.2, 0.25) is 5.91 Å². The van der Waals surface area contributed by atoms with E-state index in [2.05, 4.69) is 10.3 Å². The number of pyridine rings is 1. The van der Waals surface area contributed by atoms with Crippen LogP contribution in [0.1, 0.15) is 45.0 Å². The normalized spacial score (nSPS) is 19.0. The Hall–Kier alpha value is -1.93. The van der Waals surface area contributed by atoms with Crippen LogP contribution in [0.2, 0.25) is 0 Å². The summed E-state index contributed by atoms with van der Waals surface area (Å²) in [6, 6.07) is 1.41. The fourth-order valence-electron chi connectivity index (χ4n) is 2.02. The first-order chi connectivity index (χ1) is 10.0. The molecule has 1 aliphatic heterocycles. The third-order valence-electron chi connectivity index (χ3n) is 3.96. The standard InChI is InChI=1S/C14H19BN2O5/c1-8(18)17-11-10(12(19)20)6-9(7-16-11)15-21-13(2,3)14(4,5)22-15/h6-7H,1-5H3,(H,19,20)(H,16,17,18). The number of aromatic nitrogens is 1. The second kappa shape index (κ2) is 5.37. The van der Waals surface area contributed by atoms with Gasteiger partial charge in [-0.2, -0.15) is 0 Å². The largest absolute Gasteiger partial charge is 0.496 e. The molecule has 0 saturated carbocycles. The molecule has 2 heterocycles. The van der Waals surface area contributed by atoms with E-state index in [1.54, 1.807) is 0 Å². The molecule has 2 rings (SSSR count). The lowest BCUT2D eigenvalue weighted by Gasteiger charge is -2.32. The zero-order chi connectivity index (χ0) is 16.7. The van der Waals surface area contributed by atoms with E-state index in [4.69, 9.17) is 9.31 Å². The second-order valence-electron chi connectivity index (χ2n) is 6.24. The van der Waals surface area contributed by atoms with Gasteiger partial charge >= 0.3 is 13.1 Å². The first-order valence-electron chi connectivity index (χ1n) is 6.90. The van der Waals surface area contributed by atoms with Crippen LogP contribution in [0.3, 0.4) is 0 Å². The zero-order valence-electron chi connectivity index (χ0n) is 13.3. The smallest absolute Gasteiger partial charge is 0.478 e. The van der Waals surface area contributed by atoms with E-state index in [0.29, 0.717) is 5.46 Å². The van der Waals surface area contributed by atoms with Crippen molar-refractivity contribution in [3.8, 4) is 0 Å². The molecule has 0 atom stereocenters. The minimum Gasteiger partial charge on any atom is -0.478 e. The van der Waals surface area contributed by atoms with Gasteiger partial charge in [0.05, 0.1) is 11.2 Å². The van der Waals surface area contributed by atoms with Crippen LogP contribution in [-0.2, 0) is 14.1 Å². The molecule has 0 aromatic carbocycles. The monoisotopic (exact) mass is 306 g/mol. The molecule has 1 saturated heterocycles. The van der Waals surface area contributed by atoms with Gasteiger partial charge in [0.25, 0.3) is 0 Å². The molecule has 1 aromatic rings. The van der Waals surface area contributed by atoms with Crippen molar-refractivity contribution in [2.45, 2.75) is 45.8 Å². The highest BCUT2D eigenvalue weighted by molar-refractivity contribution is 6.62. The average molecular weight is 306 g/mol. The van der Waals surface area contributed by atoms with Gasteiger partial charge in [-0.3, -0.25) is 4.79 Å². The molecule has 1 amide bonds. The van der Waals surface area contributed by atoms with Crippen LogP contribution in [0.5, 0.6) is 0 Å². The highest BCUT2D eigenvalue weighted by atomic mass is 16.7. The highest BCUT2D eigenvalue weighted by Gasteiger charge is 2.52. The Kier molecular flexibility index (Phi) is 4.01. The van der Waals surface area contributed by atoms with E-state index in [0.717, 1.165) is 0 Å². The lowest BCUT2D eigenvalue weighted by atomic mass is 9.79. The summed E-state index contributed by atoms with van der Waals surface area (Å²) in [4.78, 5) is 26.5. The lowest BCUT2D eigenvalue weighted by Crippen LogP contribution is -2.41. The van der Waals surface area contributed by atoms with Gasteiger partial charge in [0.1, 0.15) is 11.4 Å². The first-order valence-corrected chi connectivity index (χ1v) is 6.90. The van der Waals surface area contributed by atoms with E-state index in [1.807, 2.05) is 27.7 Å². The fourth-order valence-corrected chi connectivity index (χ4v) is 2.02. The van der Waals surface area contributed by atoms with Crippen LogP contribution >= 0.6 is 0 Å². The third kappa shape index (κ3) is 2.98. The molecular weight excluding hydrogens is 287 g/mol. The maximum atomic E-state index is 11.4. The number of nitrogens with one attached hydrogen (secondary N) is 1. The molecule has 0 radical (unpaired) electrons. The Balaban J connectivity index is 2.36. The fraction of sp³-hybridized carbons (Fsp3) is 0.500. The number of hydrogen-bond donors (Lipinski definition) is 2. The van der Waals surface area contributed by atoms with Crippen LogP contribution in [-0.4, -0.2) is 40.3 Å². The van der Waals surface area contributed by atoms with Crippen LogP contribution in [0.15, 0.2) is 12.3 Å². The van der Waals surface area contributed by atoms with Crippen molar-refractivity contribution in [2.24, 2.45) is 0 Å². The number of carboxylic acid groups (broad SMARTS) is 1. The van der Waals surface area contributed by atoms with E-state index >= 15 is 0 Å². The summed E-state index contributed by atoms with van der Waals surface area (Å²) in [5.74, 6) is -1.58. The van der Waals surface area contributed by atoms with Crippen LogP contribution in [0, 0.1) is 0 Å². The Morgan fingerprint density at radius 2 is 1.77 bits per heavy atom. The Bertz CT molecular complexity index is 614. The van der Waals surface area contributed by atoms with Crippen molar-refractivity contribution in [2.75, 3.05) is 5.32 Å². The van der Waals surface area contributed by atoms with Crippen molar-refractivity contribution in [3.63, 3.8) is 0 Å². The predicted octanol–water partition coefficient (Wildman–Crippen LogP) is 1.04. The number of aromatic carboxylic acids is 1. The highest BCUT2D eigenvalue weighted by Crippen LogP contribution is 2.36. The number of carboxylic acids is 1. The predicted molar refractivity (Wildman–Crippen MR) is 81.2 cm³/mol. The molecule has 22 heavy (non-hydrogen) atoms. The molecule has 7 nitrogen and oxygen atoms in total. The topological polar surface area (TPSA) is 97.8 Å². The minimum absolute atomic E-state index is 0.000248. The summed E-state index contributed by atoms with van der Waals surface area (Å²) in [5.41, 5.74) is -0.679. The quantitative estimate of drug-likeness (QED) is 0.810. The second-order valence-corrected chi connectivity index (χ2v) is 6.24. The Morgan fingerprint density at radius 3 is 2.23 bits per heavy atom. The average Bonchev–Trinajstić information content (AvgIpc) is 2.57. The first kappa shape index (κ1) is 16.4. The van der Waals surface area contributed by atoms with Crippen molar-refractivity contribution in [3.05, 3.63) is 17.8 Å². The summed E-state index contributed by atoms with van der Waals surface area (Å²) in [6.07, 6.45) is 1.44. The third-order valence-corrected chi connectivity index (χ3v) is 3.96. The molecular formula is C14H19BN2O5. The molecule has 0 aliphatic carbocycles. The number of anilines is 1. The molecule has 1 aliphatic rings. The molecule has 1 fully saturated rings. The molecule has 0 spiro atoms. The number of amides is 1. The SMILES string of the molecule is CC(=O)Nc1ncc(B2OC(C)(C)C(C)(C)O2)cc1C(=O)O. The zero-order valence-corrected chi connectivity index (χ0v) is 13.3. The van der Waals surface area contributed by atoms with Crippen molar-refractivity contribution in [1.82, 2.24) is 4.98 Å². The number of nitrogens with zero attached hydrogens (tertiary/aromatic N) is 1. The van der Waals surface area contributed by atoms with Crippen LogP contribution < -0.4 is 10.8 Å². The van der Waals surface area contributed by atoms with Gasteiger partial charge in [0.15, 0.2) is 0 Å². The molecule has 118 valence electrons. The number of hydrogen-bond acceptors (Lipinski definition) is 5. The number of rotatable bonds is 3. The van der Waals surface area contributed by atoms with Crippen LogP contribution in [0.25, 0.3) is 0 Å². The van der Waals surface area contributed by atoms with E-state index < -0.39 is 30.2 Å². The Morgan fingerprint density at radius 1 is 1.23 bits per heavy atom. The summed E-state index contributed by atoms with van der Waals surface area (Å²) >= 11 is 0. The van der Waals surface area contributed by atoms with Gasteiger partial charge in [-0.25, -0.2) is 9.78 Å². The van der Waals surface area contributed by atoms with E-state index in [1.165, 1.54) is 19.2 Å². The van der Waals surface area contributed by atoms with Gasteiger partial charge in [-0.05, 0) is 33.8 Å². The minimum atomic E-state index is -1.19. The summed E-state index contributed by atoms with van der Waals surface area (Å²) in [7, 11) is -0.707. The van der Waals surface area contributed by atoms with Crippen molar-refractivity contribution >= 4 is 30.3 Å². The summed E-state index contributed by atoms with van der Waals surface area (Å²) in [6.45, 7) is 8.91. The molecule has 2 N–H and O–H groups in total. The van der Waals surface area contributed by atoms with Gasteiger partial charge in [-0.15, -0.1) is 0 Å². The maximum absolute atomic E-state index is 11.4. The van der Waals surface area contributed by atoms with E-state index in [-0.39, 0.29) is 11.4 Å².